The summed E-state index contributed by atoms with van der Waals surface area (Å²) in [5, 5.41) is 13.9. The van der Waals surface area contributed by atoms with Crippen molar-refractivity contribution in [1.82, 2.24) is 0 Å². The zero-order chi connectivity index (χ0) is 28.0. The Balaban J connectivity index is 1.48. The Morgan fingerprint density at radius 2 is 1.42 bits per heavy atom. The molecule has 2 aliphatic heterocycles. The van der Waals surface area contributed by atoms with Gasteiger partial charge in [-0.15, -0.1) is 0 Å². The number of rotatable bonds is 4. The number of anilines is 1. The van der Waals surface area contributed by atoms with E-state index in [1.54, 1.807) is 13.8 Å². The van der Waals surface area contributed by atoms with Crippen molar-refractivity contribution in [2.45, 2.75) is 48.3 Å². The molecule has 0 saturated carbocycles. The number of allylic oxidation sites excluding steroid dienone is 5. The summed E-state index contributed by atoms with van der Waals surface area (Å²) in [6.45, 7) is 7.21. The molecule has 38 heavy (non-hydrogen) atoms. The molecule has 4 N–H and O–H groups in total. The van der Waals surface area contributed by atoms with Crippen molar-refractivity contribution in [2.75, 3.05) is 5.32 Å². The number of carbonyl (C=O) groups excluding carboxylic acids is 1. The second-order valence-electron chi connectivity index (χ2n) is 10.4. The topological polar surface area (TPSA) is 170 Å². The summed E-state index contributed by atoms with van der Waals surface area (Å²) < 4.78 is 65.1. The Morgan fingerprint density at radius 3 is 2.00 bits per heavy atom. The van der Waals surface area contributed by atoms with Gasteiger partial charge in [0.2, 0.25) is 5.78 Å². The van der Waals surface area contributed by atoms with Gasteiger partial charge >= 0.3 is 0 Å². The maximum Gasteiger partial charge on any atom is 0.294 e. The van der Waals surface area contributed by atoms with Crippen molar-refractivity contribution < 1.29 is 35.8 Å². The molecule has 0 aromatic heterocycles. The molecular weight excluding hydrogens is 532 g/mol. The van der Waals surface area contributed by atoms with Crippen LogP contribution in [0, 0.1) is 0 Å². The first-order chi connectivity index (χ1) is 17.4. The van der Waals surface area contributed by atoms with E-state index in [1.165, 1.54) is 48.6 Å². The van der Waals surface area contributed by atoms with Gasteiger partial charge in [0, 0.05) is 22.2 Å². The van der Waals surface area contributed by atoms with Crippen LogP contribution >= 0.6 is 0 Å². The van der Waals surface area contributed by atoms with Crippen LogP contribution in [0.3, 0.4) is 0 Å². The van der Waals surface area contributed by atoms with Gasteiger partial charge in [0.05, 0.1) is 32.3 Å². The molecule has 198 valence electrons. The zero-order valence-corrected chi connectivity index (χ0v) is 22.4. The molecule has 12 heteroatoms. The van der Waals surface area contributed by atoms with Crippen molar-refractivity contribution in [3.05, 3.63) is 82.3 Å². The summed E-state index contributed by atoms with van der Waals surface area (Å²) in [6.07, 6.45) is 2.98. The first-order valence-electron chi connectivity index (χ1n) is 11.4. The molecule has 5 rings (SSSR count). The summed E-state index contributed by atoms with van der Waals surface area (Å²) in [4.78, 5) is 17.0. The van der Waals surface area contributed by atoms with E-state index in [0.717, 1.165) is 0 Å². The van der Waals surface area contributed by atoms with E-state index >= 15 is 0 Å². The summed E-state index contributed by atoms with van der Waals surface area (Å²) >= 11 is 0. The highest BCUT2D eigenvalue weighted by Gasteiger charge is 2.41. The van der Waals surface area contributed by atoms with E-state index < -0.39 is 36.8 Å². The van der Waals surface area contributed by atoms with E-state index in [4.69, 9.17) is 0 Å². The lowest BCUT2D eigenvalue weighted by molar-refractivity contribution is -0.113. The van der Waals surface area contributed by atoms with Gasteiger partial charge in [-0.3, -0.25) is 18.9 Å². The van der Waals surface area contributed by atoms with Gasteiger partial charge in [-0.05, 0) is 59.7 Å². The average molecular weight is 557 g/mol. The molecule has 0 atom stereocenters. The van der Waals surface area contributed by atoms with Crippen molar-refractivity contribution in [1.29, 1.82) is 0 Å². The fourth-order valence-electron chi connectivity index (χ4n) is 4.86. The third kappa shape index (κ3) is 3.91. The fraction of sp³-hybridized carbons (Fsp3) is 0.231. The van der Waals surface area contributed by atoms with Crippen molar-refractivity contribution in [3.8, 4) is 0 Å². The zero-order valence-electron chi connectivity index (χ0n) is 20.8. The predicted octanol–water partition coefficient (Wildman–Crippen LogP) is 4.15. The average Bonchev–Trinajstić information content (AvgIpc) is 3.22. The Labute approximate surface area is 219 Å². The molecule has 0 unspecified atom stereocenters. The highest BCUT2D eigenvalue weighted by Crippen LogP contribution is 2.46. The van der Waals surface area contributed by atoms with Gasteiger partial charge in [0.1, 0.15) is 5.76 Å². The van der Waals surface area contributed by atoms with Gasteiger partial charge in [-0.1, -0.05) is 27.7 Å². The minimum Gasteiger partial charge on any atom is -0.506 e. The number of ketones is 1. The van der Waals surface area contributed by atoms with Gasteiger partial charge in [-0.2, -0.15) is 16.8 Å². The van der Waals surface area contributed by atoms with Crippen molar-refractivity contribution >= 4 is 43.1 Å². The number of nitrogens with zero attached hydrogens (tertiary/aromatic N) is 1. The van der Waals surface area contributed by atoms with Crippen LogP contribution in [0.5, 0.6) is 0 Å². The molecule has 0 radical (unpaired) electrons. The number of fused-ring (bicyclic) bond motifs is 2. The number of nitrogens with one attached hydrogen (secondary N) is 1. The number of aliphatic hydroxyl groups excluding tert-OH is 1. The lowest BCUT2D eigenvalue weighted by Gasteiger charge is -2.25. The highest BCUT2D eigenvalue weighted by atomic mass is 32.2. The van der Waals surface area contributed by atoms with Crippen LogP contribution in [-0.4, -0.2) is 42.5 Å². The third-order valence-electron chi connectivity index (χ3n) is 7.29. The molecule has 3 aliphatic rings. The van der Waals surface area contributed by atoms with E-state index in [2.05, 4.69) is 10.3 Å². The number of carbonyl (C=O) groups is 1. The van der Waals surface area contributed by atoms with Gasteiger partial charge in [0.25, 0.3) is 20.2 Å². The second kappa shape index (κ2) is 7.96. The quantitative estimate of drug-likeness (QED) is 0.319. The van der Waals surface area contributed by atoms with Crippen LogP contribution in [-0.2, 0) is 35.9 Å². The van der Waals surface area contributed by atoms with Gasteiger partial charge < -0.3 is 10.4 Å². The summed E-state index contributed by atoms with van der Waals surface area (Å²) in [7, 11) is -8.80. The number of Topliss-reactive ketones (excluding diaryl/α,β-unsaturated/α-hetero) is 1. The smallest absolute Gasteiger partial charge is 0.294 e. The Bertz CT molecular complexity index is 1810. The van der Waals surface area contributed by atoms with Crippen LogP contribution in [0.4, 0.5) is 11.4 Å². The molecule has 10 nitrogen and oxygen atoms in total. The molecule has 0 saturated heterocycles. The maximum atomic E-state index is 13.0. The Kier molecular flexibility index (Phi) is 5.46. The molecule has 0 spiro atoms. The number of aliphatic imine (C=N–C) groups is 1. The lowest BCUT2D eigenvalue weighted by atomic mass is 9.77. The summed E-state index contributed by atoms with van der Waals surface area (Å²) in [6, 6.07) is 8.22. The lowest BCUT2D eigenvalue weighted by Crippen LogP contribution is -2.28. The summed E-state index contributed by atoms with van der Waals surface area (Å²) in [5.74, 6) is -0.655. The molecule has 2 heterocycles. The van der Waals surface area contributed by atoms with Crippen LogP contribution in [0.25, 0.3) is 0 Å². The number of hydrogen-bond donors (Lipinski definition) is 4. The van der Waals surface area contributed by atoms with E-state index in [9.17, 15) is 35.8 Å². The van der Waals surface area contributed by atoms with Crippen LogP contribution in [0.15, 0.2) is 85.9 Å². The largest absolute Gasteiger partial charge is 0.506 e. The highest BCUT2D eigenvalue weighted by molar-refractivity contribution is 7.86. The third-order valence-corrected chi connectivity index (χ3v) is 8.99. The normalized spacial score (nSPS) is 21.7. The van der Waals surface area contributed by atoms with E-state index in [1.807, 2.05) is 13.8 Å². The standard InChI is InChI=1S/C26H24N2O8S2/c1-25(2)17-9-13(37(31,32)33)5-7-19(17)27-21(25)11-15-23(29)16(24(15)30)12-22-26(3,4)18-10-14(38(34,35)36)6-8-20(18)28-22/h5-12,27,29H,1-4H3,(H,31,32,33)(H,34,35,36)/b16-12-,21-11+. The second-order valence-corrected chi connectivity index (χ2v) is 13.3. The minimum absolute atomic E-state index is 0.0495. The first-order valence-corrected chi connectivity index (χ1v) is 14.3. The van der Waals surface area contributed by atoms with E-state index in [-0.39, 0.29) is 26.7 Å². The summed E-state index contributed by atoms with van der Waals surface area (Å²) in [5.41, 5.74) is 1.80. The maximum absolute atomic E-state index is 13.0. The van der Waals surface area contributed by atoms with Crippen molar-refractivity contribution in [2.24, 2.45) is 4.99 Å². The first kappa shape index (κ1) is 26.0. The molecule has 2 aromatic carbocycles. The number of hydrogen-bond acceptors (Lipinski definition) is 8. The minimum atomic E-state index is -4.41. The molecule has 1 aliphatic carbocycles. The Hall–Kier alpha value is -3.58. The van der Waals surface area contributed by atoms with Crippen LogP contribution in [0.1, 0.15) is 38.8 Å². The Morgan fingerprint density at radius 1 is 0.842 bits per heavy atom. The molecule has 2 aromatic rings. The van der Waals surface area contributed by atoms with Crippen LogP contribution in [0.2, 0.25) is 0 Å². The van der Waals surface area contributed by atoms with Crippen LogP contribution < -0.4 is 5.32 Å². The molecule has 0 fully saturated rings. The number of aliphatic hydroxyl groups is 1. The molecule has 0 bridgehead atoms. The molecular formula is C26H24N2O8S2. The predicted molar refractivity (Wildman–Crippen MR) is 140 cm³/mol. The monoisotopic (exact) mass is 556 g/mol. The fourth-order valence-corrected chi connectivity index (χ4v) is 5.87. The molecule has 0 amide bonds. The SMILES string of the molecule is CC1(C)C(/C=C2\C(=O)C(/C=C3/Nc4ccc(S(=O)(=O)O)cc4C3(C)C)=C2O)=Nc2ccc(S(=O)(=O)O)cc21. The van der Waals surface area contributed by atoms with Crippen molar-refractivity contribution in [3.63, 3.8) is 0 Å². The van der Waals surface area contributed by atoms with Gasteiger partial charge in [-0.25, -0.2) is 0 Å². The van der Waals surface area contributed by atoms with E-state index in [0.29, 0.717) is 33.9 Å². The van der Waals surface area contributed by atoms with Gasteiger partial charge in [0.15, 0.2) is 0 Å². The number of benzene rings is 2.